The van der Waals surface area contributed by atoms with E-state index >= 15 is 0 Å². The van der Waals surface area contributed by atoms with Gasteiger partial charge in [-0.3, -0.25) is 0 Å². The Labute approximate surface area is 117 Å². The fraction of sp³-hybridized carbons (Fsp3) is 0.154. The van der Waals surface area contributed by atoms with Gasteiger partial charge in [-0.15, -0.1) is 0 Å². The van der Waals surface area contributed by atoms with E-state index < -0.39 is 11.6 Å². The van der Waals surface area contributed by atoms with Crippen LogP contribution in [0.3, 0.4) is 0 Å². The Bertz CT molecular complexity index is 797. The zero-order valence-electron chi connectivity index (χ0n) is 10.5. The number of carbonyl (C=O) groups excluding carboxylic acids is 1. The molecule has 2 heterocycles. The van der Waals surface area contributed by atoms with E-state index in [1.807, 2.05) is 24.3 Å². The van der Waals surface area contributed by atoms with Crippen LogP contribution in [0.25, 0.3) is 15.3 Å². The van der Waals surface area contributed by atoms with Crippen LogP contribution in [0.4, 0.5) is 0 Å². The zero-order chi connectivity index (χ0) is 14.1. The quantitative estimate of drug-likeness (QED) is 0.691. The highest BCUT2D eigenvalue weighted by Gasteiger charge is 2.18. The van der Waals surface area contributed by atoms with Gasteiger partial charge in [0.05, 0.1) is 23.0 Å². The molecular weight excluding hydrogens is 280 g/mol. The van der Waals surface area contributed by atoms with E-state index in [0.29, 0.717) is 5.13 Å². The summed E-state index contributed by atoms with van der Waals surface area (Å²) in [4.78, 5) is 27.5. The standard InChI is InChI=1S/C13H10N2O4S/c1-2-18-11(16)8-7-15(19-12(8)17)13-14-9-5-3-4-6-10(9)20-13/h3-7H,2H2,1H3. The second kappa shape index (κ2) is 4.93. The maximum Gasteiger partial charge on any atom is 0.372 e. The van der Waals surface area contributed by atoms with Crippen molar-refractivity contribution >= 4 is 27.5 Å². The summed E-state index contributed by atoms with van der Waals surface area (Å²) in [7, 11) is 0. The molecule has 0 spiro atoms. The topological polar surface area (TPSA) is 74.3 Å². The SMILES string of the molecule is CCOC(=O)c1cn(-c2nc3ccccc3s2)oc1=O. The number of para-hydroxylation sites is 1. The summed E-state index contributed by atoms with van der Waals surface area (Å²) in [6.07, 6.45) is 1.30. The average Bonchev–Trinajstić information content (AvgIpc) is 3.02. The van der Waals surface area contributed by atoms with Gasteiger partial charge in [0.25, 0.3) is 0 Å². The Morgan fingerprint density at radius 3 is 3.00 bits per heavy atom. The average molecular weight is 290 g/mol. The van der Waals surface area contributed by atoms with Crippen molar-refractivity contribution in [2.45, 2.75) is 6.92 Å². The van der Waals surface area contributed by atoms with Crippen molar-refractivity contribution in [3.8, 4) is 5.13 Å². The minimum Gasteiger partial charge on any atom is -0.462 e. The van der Waals surface area contributed by atoms with Gasteiger partial charge in [0.1, 0.15) is 0 Å². The highest BCUT2D eigenvalue weighted by molar-refractivity contribution is 7.20. The van der Waals surface area contributed by atoms with E-state index in [2.05, 4.69) is 4.98 Å². The summed E-state index contributed by atoms with van der Waals surface area (Å²) in [5.74, 6) is -0.693. The molecule has 0 N–H and O–H groups in total. The molecule has 0 aliphatic heterocycles. The molecule has 102 valence electrons. The number of thiazole rings is 1. The second-order valence-corrected chi connectivity index (χ2v) is 4.94. The Morgan fingerprint density at radius 2 is 2.25 bits per heavy atom. The molecule has 0 saturated heterocycles. The number of ether oxygens (including phenoxy) is 1. The highest BCUT2D eigenvalue weighted by Crippen LogP contribution is 2.24. The van der Waals surface area contributed by atoms with Crippen LogP contribution in [-0.2, 0) is 4.74 Å². The molecule has 0 amide bonds. The monoisotopic (exact) mass is 290 g/mol. The molecule has 7 heteroatoms. The molecule has 2 aromatic heterocycles. The number of hydrogen-bond donors (Lipinski definition) is 0. The molecule has 0 radical (unpaired) electrons. The van der Waals surface area contributed by atoms with Gasteiger partial charge >= 0.3 is 11.6 Å². The van der Waals surface area contributed by atoms with Crippen molar-refractivity contribution in [1.29, 1.82) is 0 Å². The third-order valence-corrected chi connectivity index (χ3v) is 3.63. The van der Waals surface area contributed by atoms with Gasteiger partial charge in [-0.2, -0.15) is 4.74 Å². The lowest BCUT2D eigenvalue weighted by molar-refractivity contribution is 0.0523. The van der Waals surface area contributed by atoms with E-state index in [1.165, 1.54) is 22.3 Å². The highest BCUT2D eigenvalue weighted by atomic mass is 32.1. The fourth-order valence-corrected chi connectivity index (χ4v) is 2.61. The van der Waals surface area contributed by atoms with Gasteiger partial charge in [-0.25, -0.2) is 14.6 Å². The Hall–Kier alpha value is -2.41. The van der Waals surface area contributed by atoms with Crippen molar-refractivity contribution in [2.24, 2.45) is 0 Å². The van der Waals surface area contributed by atoms with Crippen molar-refractivity contribution in [3.05, 3.63) is 46.4 Å². The van der Waals surface area contributed by atoms with Crippen LogP contribution in [0.1, 0.15) is 17.3 Å². The predicted octanol–water partition coefficient (Wildman–Crippen LogP) is 2.22. The van der Waals surface area contributed by atoms with E-state index in [0.717, 1.165) is 10.2 Å². The summed E-state index contributed by atoms with van der Waals surface area (Å²) in [5.41, 5.74) is -0.0599. The van der Waals surface area contributed by atoms with Crippen molar-refractivity contribution in [2.75, 3.05) is 6.61 Å². The molecular formula is C13H10N2O4S. The summed E-state index contributed by atoms with van der Waals surface area (Å²) in [6.45, 7) is 1.87. The summed E-state index contributed by atoms with van der Waals surface area (Å²) in [5, 5.41) is 0.485. The van der Waals surface area contributed by atoms with Gasteiger partial charge < -0.3 is 9.26 Å². The number of esters is 1. The Balaban J connectivity index is 2.04. The van der Waals surface area contributed by atoms with E-state index in [4.69, 9.17) is 9.26 Å². The second-order valence-electron chi connectivity index (χ2n) is 3.93. The normalized spacial score (nSPS) is 10.8. The molecule has 0 fully saturated rings. The molecule has 3 aromatic rings. The maximum atomic E-state index is 11.6. The number of rotatable bonds is 3. The maximum absolute atomic E-state index is 11.6. The molecule has 6 nitrogen and oxygen atoms in total. The number of benzene rings is 1. The first-order valence-corrected chi connectivity index (χ1v) is 6.76. The first kappa shape index (κ1) is 12.6. The largest absolute Gasteiger partial charge is 0.462 e. The van der Waals surface area contributed by atoms with Crippen LogP contribution in [0.2, 0.25) is 0 Å². The minimum absolute atomic E-state index is 0.133. The molecule has 0 aliphatic rings. The Kier molecular flexibility index (Phi) is 3.11. The zero-order valence-corrected chi connectivity index (χ0v) is 11.3. The molecule has 20 heavy (non-hydrogen) atoms. The number of carbonyl (C=O) groups is 1. The summed E-state index contributed by atoms with van der Waals surface area (Å²) >= 11 is 1.36. The molecule has 0 unspecified atom stereocenters. The third-order valence-electron chi connectivity index (χ3n) is 2.61. The summed E-state index contributed by atoms with van der Waals surface area (Å²) in [6, 6.07) is 7.56. The first-order valence-electron chi connectivity index (χ1n) is 5.95. The van der Waals surface area contributed by atoms with Gasteiger partial charge in [0, 0.05) is 0 Å². The molecule has 0 aliphatic carbocycles. The summed E-state index contributed by atoms with van der Waals surface area (Å²) < 4.78 is 12.0. The lowest BCUT2D eigenvalue weighted by Crippen LogP contribution is -2.12. The first-order chi connectivity index (χ1) is 9.69. The molecule has 1 aromatic carbocycles. The molecule has 0 atom stereocenters. The van der Waals surface area contributed by atoms with E-state index in [-0.39, 0.29) is 12.2 Å². The lowest BCUT2D eigenvalue weighted by atomic mass is 10.3. The van der Waals surface area contributed by atoms with Gasteiger partial charge in [-0.05, 0) is 19.1 Å². The number of fused-ring (bicyclic) bond motifs is 1. The lowest BCUT2D eigenvalue weighted by Gasteiger charge is -1.94. The van der Waals surface area contributed by atoms with Crippen LogP contribution in [-0.4, -0.2) is 22.3 Å². The van der Waals surface area contributed by atoms with E-state index in [9.17, 15) is 9.59 Å². The van der Waals surface area contributed by atoms with Gasteiger partial charge in [0.2, 0.25) is 5.13 Å². The fourth-order valence-electron chi connectivity index (χ4n) is 1.73. The smallest absolute Gasteiger partial charge is 0.372 e. The number of nitrogens with zero attached hydrogens (tertiary/aromatic N) is 2. The van der Waals surface area contributed by atoms with Crippen molar-refractivity contribution < 1.29 is 14.1 Å². The number of hydrogen-bond acceptors (Lipinski definition) is 6. The van der Waals surface area contributed by atoms with Gasteiger partial charge in [-0.1, -0.05) is 23.5 Å². The van der Waals surface area contributed by atoms with Crippen molar-refractivity contribution in [1.82, 2.24) is 9.72 Å². The van der Waals surface area contributed by atoms with E-state index in [1.54, 1.807) is 6.92 Å². The number of aromatic nitrogens is 2. The minimum atomic E-state index is -0.734. The predicted molar refractivity (Wildman–Crippen MR) is 73.4 cm³/mol. The third kappa shape index (κ3) is 2.12. The molecule has 3 rings (SSSR count). The molecule has 0 saturated carbocycles. The van der Waals surface area contributed by atoms with Crippen LogP contribution >= 0.6 is 11.3 Å². The van der Waals surface area contributed by atoms with Crippen LogP contribution in [0.15, 0.2) is 39.8 Å². The van der Waals surface area contributed by atoms with Crippen LogP contribution in [0.5, 0.6) is 0 Å². The van der Waals surface area contributed by atoms with Crippen LogP contribution < -0.4 is 5.63 Å². The van der Waals surface area contributed by atoms with Crippen molar-refractivity contribution in [3.63, 3.8) is 0 Å². The molecule has 0 bridgehead atoms. The Morgan fingerprint density at radius 1 is 1.45 bits per heavy atom. The van der Waals surface area contributed by atoms with Gasteiger partial charge in [0.15, 0.2) is 5.56 Å². The van der Waals surface area contributed by atoms with Crippen LogP contribution in [0, 0.1) is 0 Å².